The summed E-state index contributed by atoms with van der Waals surface area (Å²) in [7, 11) is 0. The van der Waals surface area contributed by atoms with Crippen molar-refractivity contribution in [3.05, 3.63) is 35.4 Å². The first kappa shape index (κ1) is 15.4. The summed E-state index contributed by atoms with van der Waals surface area (Å²) in [5, 5.41) is 0.199. The third-order valence-electron chi connectivity index (χ3n) is 6.15. The summed E-state index contributed by atoms with van der Waals surface area (Å²) < 4.78 is 0. The maximum absolute atomic E-state index is 6.91. The van der Waals surface area contributed by atoms with Crippen LogP contribution in [-0.4, -0.2) is 0 Å². The SMILES string of the molecule is CCC1(C(Cl)c2ccc(C3CCCCC3)cc2)CCCC1. The van der Waals surface area contributed by atoms with Crippen LogP contribution < -0.4 is 0 Å². The van der Waals surface area contributed by atoms with Crippen molar-refractivity contribution in [3.8, 4) is 0 Å². The highest BCUT2D eigenvalue weighted by atomic mass is 35.5. The van der Waals surface area contributed by atoms with E-state index in [1.165, 1.54) is 69.8 Å². The zero-order valence-electron chi connectivity index (χ0n) is 13.4. The van der Waals surface area contributed by atoms with Crippen molar-refractivity contribution in [2.75, 3.05) is 0 Å². The highest BCUT2D eigenvalue weighted by molar-refractivity contribution is 6.21. The molecule has 1 unspecified atom stereocenters. The van der Waals surface area contributed by atoms with Gasteiger partial charge in [0.2, 0.25) is 0 Å². The molecule has 0 aliphatic heterocycles. The molecule has 1 atom stereocenters. The van der Waals surface area contributed by atoms with Crippen LogP contribution in [0.3, 0.4) is 0 Å². The van der Waals surface area contributed by atoms with Crippen LogP contribution in [0.4, 0.5) is 0 Å². The number of hydrogen-bond donors (Lipinski definition) is 0. The Morgan fingerprint density at radius 1 is 1.00 bits per heavy atom. The van der Waals surface area contributed by atoms with Crippen LogP contribution in [0, 0.1) is 5.41 Å². The molecule has 0 aromatic heterocycles. The molecule has 0 spiro atoms. The minimum absolute atomic E-state index is 0.199. The molecule has 21 heavy (non-hydrogen) atoms. The van der Waals surface area contributed by atoms with E-state index >= 15 is 0 Å². The van der Waals surface area contributed by atoms with Crippen LogP contribution in [0.25, 0.3) is 0 Å². The highest BCUT2D eigenvalue weighted by Crippen LogP contribution is 2.53. The molecule has 1 aromatic rings. The van der Waals surface area contributed by atoms with Crippen molar-refractivity contribution in [1.29, 1.82) is 0 Å². The Balaban J connectivity index is 1.73. The molecule has 0 radical (unpaired) electrons. The molecular weight excluding hydrogens is 276 g/mol. The number of benzene rings is 1. The lowest BCUT2D eigenvalue weighted by Crippen LogP contribution is -2.21. The summed E-state index contributed by atoms with van der Waals surface area (Å²) in [6.07, 6.45) is 13.5. The predicted molar refractivity (Wildman–Crippen MR) is 92.1 cm³/mol. The van der Waals surface area contributed by atoms with Gasteiger partial charge in [-0.25, -0.2) is 0 Å². The zero-order chi connectivity index (χ0) is 14.7. The third kappa shape index (κ3) is 3.16. The fraction of sp³-hybridized carbons (Fsp3) is 0.700. The van der Waals surface area contributed by atoms with Gasteiger partial charge in [0.25, 0.3) is 0 Å². The molecule has 0 heterocycles. The van der Waals surface area contributed by atoms with E-state index in [9.17, 15) is 0 Å². The lowest BCUT2D eigenvalue weighted by molar-refractivity contribution is 0.271. The second-order valence-electron chi connectivity index (χ2n) is 7.29. The molecule has 2 saturated carbocycles. The maximum Gasteiger partial charge on any atom is 0.0641 e. The van der Waals surface area contributed by atoms with E-state index in [0.717, 1.165) is 5.92 Å². The van der Waals surface area contributed by atoms with Crippen molar-refractivity contribution >= 4 is 11.6 Å². The Labute approximate surface area is 135 Å². The van der Waals surface area contributed by atoms with Crippen LogP contribution in [-0.2, 0) is 0 Å². The molecule has 0 N–H and O–H groups in total. The Morgan fingerprint density at radius 3 is 2.19 bits per heavy atom. The summed E-state index contributed by atoms with van der Waals surface area (Å²) >= 11 is 6.91. The first-order chi connectivity index (χ1) is 10.2. The third-order valence-corrected chi connectivity index (χ3v) is 6.86. The van der Waals surface area contributed by atoms with Crippen molar-refractivity contribution in [1.82, 2.24) is 0 Å². The van der Waals surface area contributed by atoms with E-state index in [1.807, 2.05) is 0 Å². The van der Waals surface area contributed by atoms with E-state index in [4.69, 9.17) is 11.6 Å². The zero-order valence-corrected chi connectivity index (χ0v) is 14.2. The van der Waals surface area contributed by atoms with Gasteiger partial charge in [-0.05, 0) is 54.6 Å². The van der Waals surface area contributed by atoms with E-state index < -0.39 is 0 Å². The number of hydrogen-bond acceptors (Lipinski definition) is 0. The summed E-state index contributed by atoms with van der Waals surface area (Å²) in [6, 6.07) is 9.35. The van der Waals surface area contributed by atoms with Crippen molar-refractivity contribution < 1.29 is 0 Å². The number of alkyl halides is 1. The molecular formula is C20H29Cl. The van der Waals surface area contributed by atoms with Gasteiger partial charge in [0, 0.05) is 0 Å². The van der Waals surface area contributed by atoms with Gasteiger partial charge in [-0.3, -0.25) is 0 Å². The average Bonchev–Trinajstić information content (AvgIpc) is 3.05. The molecule has 1 aromatic carbocycles. The van der Waals surface area contributed by atoms with Crippen LogP contribution in [0.15, 0.2) is 24.3 Å². The minimum Gasteiger partial charge on any atom is -0.117 e. The standard InChI is InChI=1S/C20H29Cl/c1-2-20(14-6-7-15-20)19(21)18-12-10-17(11-13-18)16-8-4-3-5-9-16/h10-13,16,19H,2-9,14-15H2,1H3. The van der Waals surface area contributed by atoms with E-state index in [-0.39, 0.29) is 5.38 Å². The van der Waals surface area contributed by atoms with E-state index in [0.29, 0.717) is 5.41 Å². The van der Waals surface area contributed by atoms with Gasteiger partial charge in [-0.1, -0.05) is 63.3 Å². The second kappa shape index (κ2) is 6.73. The Morgan fingerprint density at radius 2 is 1.62 bits per heavy atom. The molecule has 2 aliphatic carbocycles. The van der Waals surface area contributed by atoms with Gasteiger partial charge in [0.1, 0.15) is 0 Å². The normalized spacial score (nSPS) is 24.1. The van der Waals surface area contributed by atoms with Gasteiger partial charge in [0.05, 0.1) is 5.38 Å². The summed E-state index contributed by atoms with van der Waals surface area (Å²) in [5.74, 6) is 0.799. The Bertz CT molecular complexity index is 435. The molecule has 0 saturated heterocycles. The fourth-order valence-corrected chi connectivity index (χ4v) is 5.11. The smallest absolute Gasteiger partial charge is 0.0641 e. The van der Waals surface area contributed by atoms with Gasteiger partial charge in [0.15, 0.2) is 0 Å². The first-order valence-electron chi connectivity index (χ1n) is 8.99. The second-order valence-corrected chi connectivity index (χ2v) is 7.72. The summed E-state index contributed by atoms with van der Waals surface area (Å²) in [6.45, 7) is 2.32. The highest BCUT2D eigenvalue weighted by Gasteiger charge is 2.39. The summed E-state index contributed by atoms with van der Waals surface area (Å²) in [4.78, 5) is 0. The van der Waals surface area contributed by atoms with Gasteiger partial charge < -0.3 is 0 Å². The van der Waals surface area contributed by atoms with Crippen molar-refractivity contribution in [2.24, 2.45) is 5.41 Å². The van der Waals surface area contributed by atoms with E-state index in [2.05, 4.69) is 31.2 Å². The topological polar surface area (TPSA) is 0 Å². The first-order valence-corrected chi connectivity index (χ1v) is 9.43. The monoisotopic (exact) mass is 304 g/mol. The molecule has 3 rings (SSSR count). The predicted octanol–water partition coefficient (Wildman–Crippen LogP) is 6.98. The summed E-state index contributed by atoms with van der Waals surface area (Å²) in [5.41, 5.74) is 3.24. The largest absolute Gasteiger partial charge is 0.117 e. The van der Waals surface area contributed by atoms with Crippen molar-refractivity contribution in [2.45, 2.75) is 82.4 Å². The quantitative estimate of drug-likeness (QED) is 0.526. The lowest BCUT2D eigenvalue weighted by atomic mass is 9.76. The number of rotatable bonds is 4. The number of halogens is 1. The van der Waals surface area contributed by atoms with Crippen LogP contribution in [0.1, 0.15) is 93.6 Å². The van der Waals surface area contributed by atoms with Crippen molar-refractivity contribution in [3.63, 3.8) is 0 Å². The van der Waals surface area contributed by atoms with Gasteiger partial charge in [-0.2, -0.15) is 0 Å². The maximum atomic E-state index is 6.91. The van der Waals surface area contributed by atoms with Gasteiger partial charge >= 0.3 is 0 Å². The lowest BCUT2D eigenvalue weighted by Gasteiger charge is -2.33. The molecule has 1 heteroatoms. The molecule has 0 bridgehead atoms. The average molecular weight is 305 g/mol. The van der Waals surface area contributed by atoms with Gasteiger partial charge in [-0.15, -0.1) is 11.6 Å². The molecule has 2 aliphatic rings. The Hall–Kier alpha value is -0.490. The van der Waals surface area contributed by atoms with Crippen LogP contribution in [0.2, 0.25) is 0 Å². The van der Waals surface area contributed by atoms with Crippen LogP contribution >= 0.6 is 11.6 Å². The minimum atomic E-state index is 0.199. The fourth-order valence-electron chi connectivity index (χ4n) is 4.59. The molecule has 2 fully saturated rings. The molecule has 116 valence electrons. The molecule has 0 nitrogen and oxygen atoms in total. The van der Waals surface area contributed by atoms with Crippen LogP contribution in [0.5, 0.6) is 0 Å². The Kier molecular flexibility index (Phi) is 4.94. The van der Waals surface area contributed by atoms with E-state index in [1.54, 1.807) is 5.56 Å². The molecule has 0 amide bonds.